The SMILES string of the molecule is CCCCc1cn(C2CCCCC2(CC)CC)c(=O)n1Cc1cnccc1-c1ccc(-c2nn[nH]n2)cc1. The lowest BCUT2D eigenvalue weighted by molar-refractivity contribution is 0.0872. The molecule has 1 saturated carbocycles. The molecular weight excluding hydrogens is 474 g/mol. The van der Waals surface area contributed by atoms with Crippen molar-refractivity contribution in [3.05, 3.63) is 70.7 Å². The molecule has 0 radical (unpaired) electrons. The minimum atomic E-state index is 0.122. The maximum absolute atomic E-state index is 14.1. The van der Waals surface area contributed by atoms with Crippen LogP contribution in [0.15, 0.2) is 53.7 Å². The Morgan fingerprint density at radius 2 is 1.84 bits per heavy atom. The average molecular weight is 514 g/mol. The van der Waals surface area contributed by atoms with Gasteiger partial charge >= 0.3 is 5.69 Å². The summed E-state index contributed by atoms with van der Waals surface area (Å²) in [6.45, 7) is 7.32. The molecular formula is C30H39N7O. The fourth-order valence-electron chi connectivity index (χ4n) is 6.38. The van der Waals surface area contributed by atoms with E-state index in [2.05, 4.69) is 69.3 Å². The fraction of sp³-hybridized carbons (Fsp3) is 0.500. The van der Waals surface area contributed by atoms with Gasteiger partial charge in [-0.1, -0.05) is 64.3 Å². The predicted octanol–water partition coefficient (Wildman–Crippen LogP) is 6.20. The van der Waals surface area contributed by atoms with Gasteiger partial charge in [0, 0.05) is 35.9 Å². The quantitative estimate of drug-likeness (QED) is 0.272. The van der Waals surface area contributed by atoms with Crippen molar-refractivity contribution in [1.82, 2.24) is 34.7 Å². The molecule has 1 atom stereocenters. The summed E-state index contributed by atoms with van der Waals surface area (Å²) in [5, 5.41) is 14.3. The van der Waals surface area contributed by atoms with Gasteiger partial charge < -0.3 is 0 Å². The molecule has 5 rings (SSSR count). The summed E-state index contributed by atoms with van der Waals surface area (Å²) in [7, 11) is 0. The summed E-state index contributed by atoms with van der Waals surface area (Å²) in [6, 6.07) is 10.4. The van der Waals surface area contributed by atoms with Crippen LogP contribution in [0, 0.1) is 5.41 Å². The number of aryl methyl sites for hydroxylation is 1. The molecule has 0 spiro atoms. The molecule has 1 unspecified atom stereocenters. The molecule has 0 amide bonds. The second kappa shape index (κ2) is 11.5. The van der Waals surface area contributed by atoms with Crippen molar-refractivity contribution in [2.75, 3.05) is 0 Å². The first-order valence-electron chi connectivity index (χ1n) is 14.2. The first-order valence-corrected chi connectivity index (χ1v) is 14.2. The van der Waals surface area contributed by atoms with Crippen LogP contribution in [0.5, 0.6) is 0 Å². The van der Waals surface area contributed by atoms with Crippen LogP contribution in [0.4, 0.5) is 0 Å². The molecule has 1 N–H and O–H groups in total. The molecule has 8 nitrogen and oxygen atoms in total. The third-order valence-corrected chi connectivity index (χ3v) is 8.76. The van der Waals surface area contributed by atoms with Gasteiger partial charge in [0.2, 0.25) is 5.82 Å². The number of H-pyrrole nitrogens is 1. The Morgan fingerprint density at radius 3 is 2.55 bits per heavy atom. The minimum absolute atomic E-state index is 0.122. The molecule has 1 fully saturated rings. The van der Waals surface area contributed by atoms with Crippen LogP contribution < -0.4 is 5.69 Å². The Balaban J connectivity index is 1.52. The number of hydrogen-bond acceptors (Lipinski definition) is 5. The molecule has 1 aliphatic carbocycles. The van der Waals surface area contributed by atoms with E-state index in [0.717, 1.165) is 66.5 Å². The molecule has 3 aromatic heterocycles. The van der Waals surface area contributed by atoms with E-state index in [4.69, 9.17) is 0 Å². The number of nitrogens with zero attached hydrogens (tertiary/aromatic N) is 6. The van der Waals surface area contributed by atoms with Gasteiger partial charge in [0.1, 0.15) is 0 Å². The molecule has 200 valence electrons. The van der Waals surface area contributed by atoms with E-state index in [1.807, 2.05) is 35.2 Å². The summed E-state index contributed by atoms with van der Waals surface area (Å²) in [4.78, 5) is 18.5. The Hall–Kier alpha value is -3.55. The van der Waals surface area contributed by atoms with E-state index in [9.17, 15) is 4.79 Å². The van der Waals surface area contributed by atoms with Crippen LogP contribution in [0.25, 0.3) is 22.5 Å². The molecule has 0 aliphatic heterocycles. The Morgan fingerprint density at radius 1 is 1.05 bits per heavy atom. The van der Waals surface area contributed by atoms with Crippen molar-refractivity contribution in [2.45, 2.75) is 91.1 Å². The highest BCUT2D eigenvalue weighted by Crippen LogP contribution is 2.48. The molecule has 8 heteroatoms. The normalized spacial score (nSPS) is 17.1. The summed E-state index contributed by atoms with van der Waals surface area (Å²) in [5.41, 5.74) is 5.54. The number of aromatic amines is 1. The zero-order valence-electron chi connectivity index (χ0n) is 22.9. The van der Waals surface area contributed by atoms with Crippen molar-refractivity contribution in [2.24, 2.45) is 5.41 Å². The molecule has 1 aliphatic rings. The van der Waals surface area contributed by atoms with Gasteiger partial charge in [-0.05, 0) is 71.9 Å². The predicted molar refractivity (Wildman–Crippen MR) is 150 cm³/mol. The van der Waals surface area contributed by atoms with Crippen LogP contribution >= 0.6 is 0 Å². The summed E-state index contributed by atoms with van der Waals surface area (Å²) < 4.78 is 4.11. The van der Waals surface area contributed by atoms with Crippen molar-refractivity contribution in [3.8, 4) is 22.5 Å². The number of tetrazole rings is 1. The van der Waals surface area contributed by atoms with Gasteiger partial charge in [-0.25, -0.2) is 4.79 Å². The molecule has 0 bridgehead atoms. The van der Waals surface area contributed by atoms with Crippen molar-refractivity contribution < 1.29 is 0 Å². The zero-order valence-corrected chi connectivity index (χ0v) is 22.9. The molecule has 0 saturated heterocycles. The monoisotopic (exact) mass is 513 g/mol. The number of benzene rings is 1. The third-order valence-electron chi connectivity index (χ3n) is 8.76. The summed E-state index contributed by atoms with van der Waals surface area (Å²) in [6.07, 6.45) is 16.0. The number of hydrogen-bond donors (Lipinski definition) is 1. The van der Waals surface area contributed by atoms with Crippen molar-refractivity contribution in [3.63, 3.8) is 0 Å². The van der Waals surface area contributed by atoms with E-state index in [1.54, 1.807) is 0 Å². The Kier molecular flexibility index (Phi) is 7.86. The number of aromatic nitrogens is 7. The molecule has 1 aromatic carbocycles. The van der Waals surface area contributed by atoms with Crippen molar-refractivity contribution >= 4 is 0 Å². The second-order valence-corrected chi connectivity index (χ2v) is 10.7. The van der Waals surface area contributed by atoms with Crippen LogP contribution in [0.1, 0.15) is 89.4 Å². The van der Waals surface area contributed by atoms with Crippen LogP contribution in [0.2, 0.25) is 0 Å². The maximum atomic E-state index is 14.1. The largest absolute Gasteiger partial charge is 0.328 e. The number of imidazole rings is 1. The summed E-state index contributed by atoms with van der Waals surface area (Å²) in [5.74, 6) is 0.568. The molecule has 4 aromatic rings. The lowest BCUT2D eigenvalue weighted by atomic mass is 9.67. The Bertz CT molecular complexity index is 1380. The van der Waals surface area contributed by atoms with E-state index in [1.165, 1.54) is 19.3 Å². The van der Waals surface area contributed by atoms with Crippen LogP contribution in [-0.2, 0) is 13.0 Å². The number of rotatable bonds is 10. The zero-order chi connectivity index (χ0) is 26.5. The molecule has 38 heavy (non-hydrogen) atoms. The van der Waals surface area contributed by atoms with Gasteiger partial charge in [-0.3, -0.25) is 14.1 Å². The average Bonchev–Trinajstić information content (AvgIpc) is 3.61. The van der Waals surface area contributed by atoms with Crippen molar-refractivity contribution in [1.29, 1.82) is 0 Å². The van der Waals surface area contributed by atoms with Gasteiger partial charge in [0.05, 0.1) is 6.54 Å². The van der Waals surface area contributed by atoms with E-state index < -0.39 is 0 Å². The third kappa shape index (κ3) is 4.96. The smallest absolute Gasteiger partial charge is 0.295 e. The first-order chi connectivity index (χ1) is 18.6. The lowest BCUT2D eigenvalue weighted by Gasteiger charge is -2.43. The van der Waals surface area contributed by atoms with Crippen LogP contribution in [0.3, 0.4) is 0 Å². The van der Waals surface area contributed by atoms with Gasteiger partial charge in [0.25, 0.3) is 0 Å². The second-order valence-electron chi connectivity index (χ2n) is 10.7. The van der Waals surface area contributed by atoms with Gasteiger partial charge in [-0.2, -0.15) is 5.21 Å². The number of unbranched alkanes of at least 4 members (excludes halogenated alkanes) is 1. The van der Waals surface area contributed by atoms with Crippen LogP contribution in [-0.4, -0.2) is 34.7 Å². The standard InChI is InChI=1S/C30H39N7O/c1-4-7-10-25-21-37(27-11-8-9-17-30(27,5-2)6-3)29(38)36(25)20-24-19-31-18-16-26(24)22-12-14-23(15-13-22)28-32-34-35-33-28/h12-16,18-19,21,27H,4-11,17,20H2,1-3H3,(H,32,33,34,35). The Labute approximate surface area is 224 Å². The summed E-state index contributed by atoms with van der Waals surface area (Å²) >= 11 is 0. The van der Waals surface area contributed by atoms with Gasteiger partial charge in [0.15, 0.2) is 0 Å². The highest BCUT2D eigenvalue weighted by atomic mass is 16.1. The maximum Gasteiger partial charge on any atom is 0.328 e. The minimum Gasteiger partial charge on any atom is -0.295 e. The topological polar surface area (TPSA) is 94.3 Å². The van der Waals surface area contributed by atoms with E-state index in [0.29, 0.717) is 12.4 Å². The highest BCUT2D eigenvalue weighted by molar-refractivity contribution is 5.69. The van der Waals surface area contributed by atoms with E-state index in [-0.39, 0.29) is 17.1 Å². The number of pyridine rings is 1. The first kappa shape index (κ1) is 26.1. The molecule has 3 heterocycles. The van der Waals surface area contributed by atoms with Gasteiger partial charge in [-0.15, -0.1) is 10.2 Å². The highest BCUT2D eigenvalue weighted by Gasteiger charge is 2.40. The fourth-order valence-corrected chi connectivity index (χ4v) is 6.38. The number of nitrogens with one attached hydrogen (secondary N) is 1. The lowest BCUT2D eigenvalue weighted by Crippen LogP contribution is -2.39. The van der Waals surface area contributed by atoms with E-state index >= 15 is 0 Å².